The number of aryl methyl sites for hydroxylation is 1. The van der Waals surface area contributed by atoms with Crippen molar-refractivity contribution < 1.29 is 13.2 Å². The molecular formula is C14H24N6O3S. The van der Waals surface area contributed by atoms with Crippen LogP contribution in [0.3, 0.4) is 0 Å². The van der Waals surface area contributed by atoms with Crippen molar-refractivity contribution in [2.75, 3.05) is 39.3 Å². The summed E-state index contributed by atoms with van der Waals surface area (Å²) in [7, 11) is -3.42. The number of piperidine rings is 1. The topological polar surface area (TPSA) is 102 Å². The Kier molecular flexibility index (Phi) is 5.16. The number of rotatable bonds is 3. The molecule has 10 heteroatoms. The molecule has 3 heterocycles. The Bertz CT molecular complexity index is 682. The predicted molar refractivity (Wildman–Crippen MR) is 87.6 cm³/mol. The molecule has 24 heavy (non-hydrogen) atoms. The van der Waals surface area contributed by atoms with Crippen LogP contribution in [0.25, 0.3) is 0 Å². The first-order valence-corrected chi connectivity index (χ1v) is 9.81. The van der Waals surface area contributed by atoms with Gasteiger partial charge in [-0.1, -0.05) is 6.42 Å². The summed E-state index contributed by atoms with van der Waals surface area (Å²) in [6, 6.07) is 0. The van der Waals surface area contributed by atoms with Gasteiger partial charge in [-0.25, -0.2) is 0 Å². The highest BCUT2D eigenvalue weighted by Crippen LogP contribution is 2.18. The van der Waals surface area contributed by atoms with Crippen LogP contribution in [0.5, 0.6) is 0 Å². The largest absolute Gasteiger partial charge is 0.336 e. The van der Waals surface area contributed by atoms with Gasteiger partial charge in [-0.2, -0.15) is 32.4 Å². The Balaban J connectivity index is 1.66. The lowest BCUT2D eigenvalue weighted by Gasteiger charge is -2.31. The van der Waals surface area contributed by atoms with Crippen molar-refractivity contribution in [1.29, 1.82) is 0 Å². The summed E-state index contributed by atoms with van der Waals surface area (Å²) in [5.74, 6) is -0.196. The van der Waals surface area contributed by atoms with E-state index < -0.39 is 10.2 Å². The van der Waals surface area contributed by atoms with Crippen molar-refractivity contribution in [3.8, 4) is 0 Å². The number of carbonyl (C=O) groups is 1. The molecule has 134 valence electrons. The summed E-state index contributed by atoms with van der Waals surface area (Å²) in [4.78, 5) is 14.2. The molecule has 0 aromatic carbocycles. The van der Waals surface area contributed by atoms with E-state index >= 15 is 0 Å². The molecule has 0 bridgehead atoms. The minimum atomic E-state index is -3.42. The second kappa shape index (κ2) is 7.16. The van der Waals surface area contributed by atoms with Crippen LogP contribution < -0.4 is 0 Å². The number of nitrogens with zero attached hydrogens (tertiary/aromatic N) is 5. The van der Waals surface area contributed by atoms with Crippen LogP contribution >= 0.6 is 0 Å². The zero-order chi connectivity index (χ0) is 17.2. The zero-order valence-electron chi connectivity index (χ0n) is 13.9. The summed E-state index contributed by atoms with van der Waals surface area (Å²) >= 11 is 0. The lowest BCUT2D eigenvalue weighted by molar-refractivity contribution is 0.0757. The Morgan fingerprint density at radius 1 is 0.917 bits per heavy atom. The maximum atomic E-state index is 12.8. The van der Waals surface area contributed by atoms with E-state index in [-0.39, 0.29) is 5.91 Å². The van der Waals surface area contributed by atoms with E-state index in [1.165, 1.54) is 4.31 Å². The minimum absolute atomic E-state index is 0.196. The van der Waals surface area contributed by atoms with Crippen molar-refractivity contribution >= 4 is 16.1 Å². The molecule has 9 nitrogen and oxygen atoms in total. The standard InChI is InChI=1S/C14H24N6O3S/c1-12-13(16-17-15-12)14(21)18-6-5-9-20(11-10-18)24(22,23)19-7-3-2-4-8-19/h2-11H2,1H3,(H,15,16,17). The second-order valence-electron chi connectivity index (χ2n) is 6.27. The maximum Gasteiger partial charge on any atom is 0.282 e. The first-order chi connectivity index (χ1) is 11.5. The third-order valence-corrected chi connectivity index (χ3v) is 6.67. The number of hydrogen-bond acceptors (Lipinski definition) is 5. The third-order valence-electron chi connectivity index (χ3n) is 4.63. The van der Waals surface area contributed by atoms with Crippen LogP contribution in [0.1, 0.15) is 41.9 Å². The molecule has 0 aliphatic carbocycles. The molecule has 3 rings (SSSR count). The quantitative estimate of drug-likeness (QED) is 0.821. The number of aromatic amines is 1. The molecular weight excluding hydrogens is 332 g/mol. The summed E-state index contributed by atoms with van der Waals surface area (Å²) in [6.45, 7) is 4.58. The molecule has 1 aromatic rings. The number of carbonyl (C=O) groups excluding carboxylic acids is 1. The first-order valence-electron chi connectivity index (χ1n) is 8.42. The van der Waals surface area contributed by atoms with Crippen LogP contribution in [0.2, 0.25) is 0 Å². The van der Waals surface area contributed by atoms with Crippen LogP contribution in [0.15, 0.2) is 0 Å². The van der Waals surface area contributed by atoms with Crippen LogP contribution in [0, 0.1) is 6.92 Å². The highest BCUT2D eigenvalue weighted by Gasteiger charge is 2.33. The van der Waals surface area contributed by atoms with E-state index in [1.807, 2.05) is 0 Å². The molecule has 0 spiro atoms. The van der Waals surface area contributed by atoms with Gasteiger partial charge in [-0.3, -0.25) is 4.79 Å². The van der Waals surface area contributed by atoms with Gasteiger partial charge < -0.3 is 4.90 Å². The van der Waals surface area contributed by atoms with Crippen molar-refractivity contribution in [1.82, 2.24) is 28.9 Å². The van der Waals surface area contributed by atoms with Gasteiger partial charge in [-0.15, -0.1) is 0 Å². The lowest BCUT2D eigenvalue weighted by atomic mass is 10.2. The minimum Gasteiger partial charge on any atom is -0.336 e. The van der Waals surface area contributed by atoms with Gasteiger partial charge in [0.05, 0.1) is 5.69 Å². The SMILES string of the molecule is Cc1n[nH]nc1C(=O)N1CCCN(S(=O)(=O)N2CCCCC2)CC1. The smallest absolute Gasteiger partial charge is 0.282 e. The second-order valence-corrected chi connectivity index (χ2v) is 8.20. The van der Waals surface area contributed by atoms with Gasteiger partial charge in [0.25, 0.3) is 16.1 Å². The van der Waals surface area contributed by atoms with Crippen LogP contribution in [-0.2, 0) is 10.2 Å². The van der Waals surface area contributed by atoms with Crippen LogP contribution in [0.4, 0.5) is 0 Å². The number of H-pyrrole nitrogens is 1. The van der Waals surface area contributed by atoms with E-state index in [2.05, 4.69) is 15.4 Å². The monoisotopic (exact) mass is 356 g/mol. The molecule has 1 aromatic heterocycles. The average molecular weight is 356 g/mol. The van der Waals surface area contributed by atoms with Crippen molar-refractivity contribution in [2.45, 2.75) is 32.6 Å². The molecule has 1 amide bonds. The van der Waals surface area contributed by atoms with Crippen molar-refractivity contribution in [3.63, 3.8) is 0 Å². The molecule has 2 aliphatic heterocycles. The molecule has 0 unspecified atom stereocenters. The fourth-order valence-electron chi connectivity index (χ4n) is 3.22. The molecule has 0 saturated carbocycles. The van der Waals surface area contributed by atoms with Crippen LogP contribution in [-0.4, -0.2) is 82.5 Å². The number of nitrogens with one attached hydrogen (secondary N) is 1. The lowest BCUT2D eigenvalue weighted by Crippen LogP contribution is -2.47. The Morgan fingerprint density at radius 3 is 2.25 bits per heavy atom. The van der Waals surface area contributed by atoms with Gasteiger partial charge in [-0.05, 0) is 26.2 Å². The van der Waals surface area contributed by atoms with E-state index in [9.17, 15) is 13.2 Å². The highest BCUT2D eigenvalue weighted by molar-refractivity contribution is 7.86. The van der Waals surface area contributed by atoms with Crippen molar-refractivity contribution in [3.05, 3.63) is 11.4 Å². The zero-order valence-corrected chi connectivity index (χ0v) is 14.8. The van der Waals surface area contributed by atoms with Gasteiger partial charge in [0.1, 0.15) is 0 Å². The maximum absolute atomic E-state index is 12.8. The van der Waals surface area contributed by atoms with E-state index in [0.717, 1.165) is 19.3 Å². The Morgan fingerprint density at radius 2 is 1.58 bits per heavy atom. The first kappa shape index (κ1) is 17.3. The van der Waals surface area contributed by atoms with Gasteiger partial charge in [0.2, 0.25) is 0 Å². The van der Waals surface area contributed by atoms with Gasteiger partial charge in [0, 0.05) is 39.3 Å². The third kappa shape index (κ3) is 3.45. The Hall–Kier alpha value is -1.52. The Labute approximate surface area is 142 Å². The highest BCUT2D eigenvalue weighted by atomic mass is 32.2. The molecule has 2 fully saturated rings. The predicted octanol–water partition coefficient (Wildman–Crippen LogP) is -0.00828. The summed E-state index contributed by atoms with van der Waals surface area (Å²) in [6.07, 6.45) is 3.55. The average Bonchev–Trinajstić information content (AvgIpc) is 2.86. The number of hydrogen-bond donors (Lipinski definition) is 1. The van der Waals surface area contributed by atoms with Gasteiger partial charge >= 0.3 is 0 Å². The molecule has 2 aliphatic rings. The van der Waals surface area contributed by atoms with E-state index in [0.29, 0.717) is 57.1 Å². The summed E-state index contributed by atoms with van der Waals surface area (Å²) in [5, 5.41) is 10.2. The van der Waals surface area contributed by atoms with Crippen molar-refractivity contribution in [2.24, 2.45) is 0 Å². The fraction of sp³-hybridized carbons (Fsp3) is 0.786. The van der Waals surface area contributed by atoms with E-state index in [1.54, 1.807) is 16.1 Å². The number of amides is 1. The molecule has 0 radical (unpaired) electrons. The van der Waals surface area contributed by atoms with Gasteiger partial charge in [0.15, 0.2) is 5.69 Å². The normalized spacial score (nSPS) is 21.6. The summed E-state index contributed by atoms with van der Waals surface area (Å²) in [5.41, 5.74) is 0.865. The summed E-state index contributed by atoms with van der Waals surface area (Å²) < 4.78 is 28.6. The molecule has 2 saturated heterocycles. The fourth-order valence-corrected chi connectivity index (χ4v) is 4.94. The van der Waals surface area contributed by atoms with E-state index in [4.69, 9.17) is 0 Å². The molecule has 0 atom stereocenters. The number of aromatic nitrogens is 3. The molecule has 1 N–H and O–H groups in total.